The van der Waals surface area contributed by atoms with Crippen LogP contribution in [-0.4, -0.2) is 26.6 Å². The standard InChI is InChI=1S/C25H27ClN2O3S/c1-4-23(28(32(3,30)31)21-16-14-20(26)15-17-21)25(29)27-24(19-11-6-5-7-12-19)22-13-9-8-10-18(22)2/h5-17,23-24H,4H2,1-3H3,(H,27,29)/t23-,24+/m0/s1. The quantitative estimate of drug-likeness (QED) is 0.498. The number of hydrogen-bond donors (Lipinski definition) is 1. The lowest BCUT2D eigenvalue weighted by atomic mass is 9.94. The van der Waals surface area contributed by atoms with E-state index in [1.165, 1.54) is 4.31 Å². The Morgan fingerprint density at radius 3 is 2.12 bits per heavy atom. The molecule has 0 aliphatic rings. The highest BCUT2D eigenvalue weighted by Gasteiger charge is 2.33. The molecule has 0 saturated carbocycles. The van der Waals surface area contributed by atoms with E-state index >= 15 is 0 Å². The number of hydrogen-bond acceptors (Lipinski definition) is 3. The minimum Gasteiger partial charge on any atom is -0.343 e. The Labute approximate surface area is 195 Å². The third kappa shape index (κ3) is 5.50. The summed E-state index contributed by atoms with van der Waals surface area (Å²) >= 11 is 5.98. The van der Waals surface area contributed by atoms with Crippen molar-refractivity contribution in [3.63, 3.8) is 0 Å². The molecule has 32 heavy (non-hydrogen) atoms. The van der Waals surface area contributed by atoms with Crippen LogP contribution in [0.25, 0.3) is 0 Å². The first kappa shape index (κ1) is 23.8. The molecule has 3 rings (SSSR count). The van der Waals surface area contributed by atoms with E-state index in [0.29, 0.717) is 17.1 Å². The number of rotatable bonds is 8. The molecule has 168 valence electrons. The van der Waals surface area contributed by atoms with Gasteiger partial charge in [-0.3, -0.25) is 9.10 Å². The summed E-state index contributed by atoms with van der Waals surface area (Å²) in [4.78, 5) is 13.5. The fourth-order valence-corrected chi connectivity index (χ4v) is 5.12. The van der Waals surface area contributed by atoms with Gasteiger partial charge in [-0.25, -0.2) is 8.42 Å². The van der Waals surface area contributed by atoms with Crippen molar-refractivity contribution in [3.8, 4) is 0 Å². The van der Waals surface area contributed by atoms with Crippen LogP contribution in [0, 0.1) is 6.92 Å². The summed E-state index contributed by atoms with van der Waals surface area (Å²) in [6, 6.07) is 22.6. The molecule has 0 radical (unpaired) electrons. The predicted octanol–water partition coefficient (Wildman–Crippen LogP) is 5.10. The molecule has 1 N–H and O–H groups in total. The van der Waals surface area contributed by atoms with Crippen molar-refractivity contribution < 1.29 is 13.2 Å². The van der Waals surface area contributed by atoms with Crippen molar-refractivity contribution in [1.29, 1.82) is 0 Å². The number of carbonyl (C=O) groups excluding carboxylic acids is 1. The highest BCUT2D eigenvalue weighted by Crippen LogP contribution is 2.28. The number of nitrogens with zero attached hydrogens (tertiary/aromatic N) is 1. The van der Waals surface area contributed by atoms with Gasteiger partial charge in [-0.05, 0) is 54.3 Å². The van der Waals surface area contributed by atoms with Gasteiger partial charge in [0.05, 0.1) is 18.0 Å². The summed E-state index contributed by atoms with van der Waals surface area (Å²) in [6.07, 6.45) is 1.41. The van der Waals surface area contributed by atoms with Crippen molar-refractivity contribution in [3.05, 3.63) is 101 Å². The maximum Gasteiger partial charge on any atom is 0.244 e. The Morgan fingerprint density at radius 1 is 0.969 bits per heavy atom. The zero-order chi connectivity index (χ0) is 23.3. The van der Waals surface area contributed by atoms with Crippen LogP contribution in [0.3, 0.4) is 0 Å². The number of sulfonamides is 1. The molecule has 0 heterocycles. The summed E-state index contributed by atoms with van der Waals surface area (Å²) in [5.41, 5.74) is 3.31. The highest BCUT2D eigenvalue weighted by molar-refractivity contribution is 7.92. The van der Waals surface area contributed by atoms with E-state index < -0.39 is 22.1 Å². The lowest BCUT2D eigenvalue weighted by molar-refractivity contribution is -0.122. The van der Waals surface area contributed by atoms with Gasteiger partial charge in [-0.2, -0.15) is 0 Å². The van der Waals surface area contributed by atoms with Crippen LogP contribution in [0.2, 0.25) is 5.02 Å². The molecule has 7 heteroatoms. The molecule has 5 nitrogen and oxygen atoms in total. The SMILES string of the molecule is CC[C@@H](C(=O)N[C@H](c1ccccc1)c1ccccc1C)N(c1ccc(Cl)cc1)S(C)(=O)=O. The fourth-order valence-electron chi connectivity index (χ4n) is 3.78. The Morgan fingerprint density at radius 2 is 1.56 bits per heavy atom. The Balaban J connectivity index is 2.01. The topological polar surface area (TPSA) is 66.5 Å². The van der Waals surface area contributed by atoms with Crippen LogP contribution >= 0.6 is 11.6 Å². The van der Waals surface area contributed by atoms with Crippen LogP contribution in [0.5, 0.6) is 0 Å². The van der Waals surface area contributed by atoms with Crippen molar-refractivity contribution >= 4 is 33.2 Å². The van der Waals surface area contributed by atoms with Gasteiger partial charge in [0.2, 0.25) is 15.9 Å². The maximum atomic E-state index is 13.5. The van der Waals surface area contributed by atoms with E-state index in [2.05, 4.69) is 5.32 Å². The molecule has 0 fully saturated rings. The molecule has 0 spiro atoms. The first-order valence-corrected chi connectivity index (χ1v) is 12.6. The second kappa shape index (κ2) is 10.2. The number of nitrogens with one attached hydrogen (secondary N) is 1. The molecule has 2 atom stereocenters. The highest BCUT2D eigenvalue weighted by atomic mass is 35.5. The molecule has 0 unspecified atom stereocenters. The number of benzene rings is 3. The molecule has 0 aliphatic heterocycles. The summed E-state index contributed by atoms with van der Waals surface area (Å²) < 4.78 is 26.6. The number of halogens is 1. The van der Waals surface area contributed by atoms with Gasteiger partial charge in [-0.1, -0.05) is 73.1 Å². The largest absolute Gasteiger partial charge is 0.343 e. The van der Waals surface area contributed by atoms with Crippen LogP contribution in [0.1, 0.15) is 36.1 Å². The van der Waals surface area contributed by atoms with Crippen molar-refractivity contribution in [1.82, 2.24) is 5.32 Å². The number of anilines is 1. The molecule has 3 aromatic rings. The lowest BCUT2D eigenvalue weighted by Crippen LogP contribution is -2.50. The average molecular weight is 471 g/mol. The van der Waals surface area contributed by atoms with E-state index in [0.717, 1.165) is 22.9 Å². The molecular weight excluding hydrogens is 444 g/mol. The van der Waals surface area contributed by atoms with E-state index in [4.69, 9.17) is 11.6 Å². The van der Waals surface area contributed by atoms with Crippen LogP contribution in [0.4, 0.5) is 5.69 Å². The van der Waals surface area contributed by atoms with Crippen molar-refractivity contribution in [2.45, 2.75) is 32.4 Å². The molecule has 1 amide bonds. The van der Waals surface area contributed by atoms with E-state index in [-0.39, 0.29) is 5.91 Å². The number of aryl methyl sites for hydroxylation is 1. The first-order chi connectivity index (χ1) is 15.2. The second-order valence-electron chi connectivity index (χ2n) is 7.67. The summed E-state index contributed by atoms with van der Waals surface area (Å²) in [5.74, 6) is -0.370. The third-order valence-corrected chi connectivity index (χ3v) is 6.76. The first-order valence-electron chi connectivity index (χ1n) is 10.4. The van der Waals surface area contributed by atoms with Gasteiger partial charge < -0.3 is 5.32 Å². The minimum atomic E-state index is -3.73. The summed E-state index contributed by atoms with van der Waals surface area (Å²) in [6.45, 7) is 3.79. The van der Waals surface area contributed by atoms with Gasteiger partial charge in [0, 0.05) is 5.02 Å². The molecule has 0 aromatic heterocycles. The van der Waals surface area contributed by atoms with Crippen LogP contribution in [0.15, 0.2) is 78.9 Å². The molecule has 0 saturated heterocycles. The van der Waals surface area contributed by atoms with Crippen molar-refractivity contribution in [2.24, 2.45) is 0 Å². The Bertz CT molecular complexity index is 1170. The molecule has 3 aromatic carbocycles. The van der Waals surface area contributed by atoms with E-state index in [9.17, 15) is 13.2 Å². The zero-order valence-corrected chi connectivity index (χ0v) is 19.9. The normalized spacial score (nSPS) is 13.2. The maximum absolute atomic E-state index is 13.5. The zero-order valence-electron chi connectivity index (χ0n) is 18.3. The van der Waals surface area contributed by atoms with E-state index in [1.807, 2.05) is 61.5 Å². The van der Waals surface area contributed by atoms with Crippen LogP contribution < -0.4 is 9.62 Å². The van der Waals surface area contributed by atoms with E-state index in [1.54, 1.807) is 31.2 Å². The monoisotopic (exact) mass is 470 g/mol. The summed E-state index contributed by atoms with van der Waals surface area (Å²) in [5, 5.41) is 3.59. The third-order valence-electron chi connectivity index (χ3n) is 5.33. The van der Waals surface area contributed by atoms with Gasteiger partial charge in [0.25, 0.3) is 0 Å². The average Bonchev–Trinajstić information content (AvgIpc) is 2.77. The van der Waals surface area contributed by atoms with Gasteiger partial charge >= 0.3 is 0 Å². The molecular formula is C25H27ClN2O3S. The van der Waals surface area contributed by atoms with Crippen LogP contribution in [-0.2, 0) is 14.8 Å². The summed E-state index contributed by atoms with van der Waals surface area (Å²) in [7, 11) is -3.73. The predicted molar refractivity (Wildman–Crippen MR) is 130 cm³/mol. The smallest absolute Gasteiger partial charge is 0.244 e. The Hall–Kier alpha value is -2.83. The number of carbonyl (C=O) groups is 1. The number of amides is 1. The molecule has 0 aliphatic carbocycles. The Kier molecular flexibility index (Phi) is 7.59. The second-order valence-corrected chi connectivity index (χ2v) is 9.96. The lowest BCUT2D eigenvalue weighted by Gasteiger charge is -2.32. The molecule has 0 bridgehead atoms. The van der Waals surface area contributed by atoms with Gasteiger partial charge in [-0.15, -0.1) is 0 Å². The fraction of sp³-hybridized carbons (Fsp3) is 0.240. The van der Waals surface area contributed by atoms with Gasteiger partial charge in [0.15, 0.2) is 0 Å². The van der Waals surface area contributed by atoms with Gasteiger partial charge in [0.1, 0.15) is 6.04 Å². The minimum absolute atomic E-state index is 0.302. The van der Waals surface area contributed by atoms with Crippen molar-refractivity contribution in [2.75, 3.05) is 10.6 Å².